The summed E-state index contributed by atoms with van der Waals surface area (Å²) in [5.74, 6) is 0.646. The van der Waals surface area contributed by atoms with E-state index in [0.717, 1.165) is 0 Å². The van der Waals surface area contributed by atoms with Crippen molar-refractivity contribution in [2.24, 2.45) is 0 Å². The van der Waals surface area contributed by atoms with Gasteiger partial charge in [0.25, 0.3) is 0 Å². The van der Waals surface area contributed by atoms with Gasteiger partial charge in [-0.05, 0) is 42.3 Å². The molecule has 2 aromatic rings. The normalized spacial score (nSPS) is 11.3. The molecule has 0 bridgehead atoms. The predicted molar refractivity (Wildman–Crippen MR) is 79.5 cm³/mol. The lowest BCUT2D eigenvalue weighted by atomic mass is 10.2. The number of nitrogen functional groups attached to an aromatic ring is 1. The Morgan fingerprint density at radius 2 is 1.75 bits per heavy atom. The fourth-order valence-electron chi connectivity index (χ4n) is 1.99. The second kappa shape index (κ2) is 5.54. The van der Waals surface area contributed by atoms with Crippen molar-refractivity contribution in [1.29, 1.82) is 0 Å². The van der Waals surface area contributed by atoms with E-state index < -0.39 is 9.84 Å². The van der Waals surface area contributed by atoms with Gasteiger partial charge in [-0.1, -0.05) is 18.2 Å². The smallest absolute Gasteiger partial charge is 0.182 e. The number of nitrogens with two attached hydrogens (primary N) is 1. The summed E-state index contributed by atoms with van der Waals surface area (Å²) in [6.45, 7) is 1.72. The highest BCUT2D eigenvalue weighted by Crippen LogP contribution is 2.24. The molecule has 0 radical (unpaired) electrons. The Morgan fingerprint density at radius 1 is 1.10 bits per heavy atom. The molecule has 0 saturated heterocycles. The van der Waals surface area contributed by atoms with Crippen molar-refractivity contribution in [2.75, 3.05) is 12.8 Å². The third kappa shape index (κ3) is 2.93. The van der Waals surface area contributed by atoms with Crippen LogP contribution in [0.1, 0.15) is 11.1 Å². The highest BCUT2D eigenvalue weighted by atomic mass is 32.2. The van der Waals surface area contributed by atoms with E-state index in [1.807, 2.05) is 0 Å². The molecule has 0 unspecified atom stereocenters. The maximum Gasteiger partial charge on any atom is 0.182 e. The molecule has 0 heterocycles. The van der Waals surface area contributed by atoms with E-state index in [4.69, 9.17) is 10.5 Å². The molecule has 0 aliphatic carbocycles. The number of rotatable bonds is 4. The van der Waals surface area contributed by atoms with Crippen molar-refractivity contribution in [3.8, 4) is 5.75 Å². The van der Waals surface area contributed by atoms with E-state index in [1.165, 1.54) is 0 Å². The van der Waals surface area contributed by atoms with Gasteiger partial charge in [0, 0.05) is 5.69 Å². The molecule has 0 saturated carbocycles. The van der Waals surface area contributed by atoms with Crippen LogP contribution in [-0.4, -0.2) is 15.5 Å². The molecule has 0 aromatic heterocycles. The molecule has 0 amide bonds. The van der Waals surface area contributed by atoms with Crippen LogP contribution in [0.4, 0.5) is 5.69 Å². The number of sulfone groups is 1. The second-order valence-corrected chi connectivity index (χ2v) is 6.54. The van der Waals surface area contributed by atoms with Crippen LogP contribution in [0.3, 0.4) is 0 Å². The molecule has 20 heavy (non-hydrogen) atoms. The van der Waals surface area contributed by atoms with Crippen LogP contribution in [0.15, 0.2) is 47.4 Å². The summed E-state index contributed by atoms with van der Waals surface area (Å²) < 4.78 is 29.9. The number of methoxy groups -OCH3 is 1. The molecule has 5 heteroatoms. The lowest BCUT2D eigenvalue weighted by Crippen LogP contribution is -2.08. The summed E-state index contributed by atoms with van der Waals surface area (Å²) in [7, 11) is -1.84. The van der Waals surface area contributed by atoms with E-state index >= 15 is 0 Å². The van der Waals surface area contributed by atoms with Crippen LogP contribution in [0.25, 0.3) is 0 Å². The number of hydrogen-bond donors (Lipinski definition) is 1. The molecule has 0 atom stereocenters. The minimum atomic E-state index is -3.41. The van der Waals surface area contributed by atoms with Crippen LogP contribution in [-0.2, 0) is 15.6 Å². The van der Waals surface area contributed by atoms with E-state index in [2.05, 4.69) is 0 Å². The number of ether oxygens (including phenoxy) is 1. The average molecular weight is 291 g/mol. The Labute approximate surface area is 119 Å². The van der Waals surface area contributed by atoms with Gasteiger partial charge in [0.2, 0.25) is 0 Å². The SMILES string of the molecule is COc1ccc(CS(=O)(=O)c2cccc(N)c2C)cc1. The quantitative estimate of drug-likeness (QED) is 0.879. The summed E-state index contributed by atoms with van der Waals surface area (Å²) in [6, 6.07) is 11.9. The van der Waals surface area contributed by atoms with Gasteiger partial charge in [0.15, 0.2) is 9.84 Å². The number of anilines is 1. The second-order valence-electron chi connectivity index (χ2n) is 4.58. The minimum absolute atomic E-state index is 0.0543. The van der Waals surface area contributed by atoms with E-state index in [9.17, 15) is 8.42 Å². The molecule has 0 fully saturated rings. The first kappa shape index (κ1) is 14.4. The van der Waals surface area contributed by atoms with Crippen LogP contribution in [0.2, 0.25) is 0 Å². The standard InChI is InChI=1S/C15H17NO3S/c1-11-14(16)4-3-5-15(11)20(17,18)10-12-6-8-13(19-2)9-7-12/h3-9H,10,16H2,1-2H3. The molecule has 0 spiro atoms. The molecule has 4 nitrogen and oxygen atoms in total. The molecule has 106 valence electrons. The van der Waals surface area contributed by atoms with Gasteiger partial charge < -0.3 is 10.5 Å². The van der Waals surface area contributed by atoms with Crippen molar-refractivity contribution >= 4 is 15.5 Å². The van der Waals surface area contributed by atoms with Gasteiger partial charge in [0.05, 0.1) is 17.8 Å². The third-order valence-corrected chi connectivity index (χ3v) is 5.00. The van der Waals surface area contributed by atoms with Crippen molar-refractivity contribution in [3.63, 3.8) is 0 Å². The highest BCUT2D eigenvalue weighted by molar-refractivity contribution is 7.90. The summed E-state index contributed by atoms with van der Waals surface area (Å²) in [4.78, 5) is 0.285. The van der Waals surface area contributed by atoms with Crippen LogP contribution in [0.5, 0.6) is 5.75 Å². The van der Waals surface area contributed by atoms with Crippen LogP contribution in [0, 0.1) is 6.92 Å². The molecule has 0 aliphatic rings. The maximum atomic E-state index is 12.4. The molecular formula is C15H17NO3S. The summed E-state index contributed by atoms with van der Waals surface area (Å²) in [5.41, 5.74) is 7.57. The third-order valence-electron chi connectivity index (χ3n) is 3.18. The highest BCUT2D eigenvalue weighted by Gasteiger charge is 2.18. The molecule has 2 rings (SSSR count). The largest absolute Gasteiger partial charge is 0.497 e. The summed E-state index contributed by atoms with van der Waals surface area (Å²) in [5, 5.41) is 0. The summed E-state index contributed by atoms with van der Waals surface area (Å²) >= 11 is 0. The Balaban J connectivity index is 2.33. The van der Waals surface area contributed by atoms with Crippen LogP contribution >= 0.6 is 0 Å². The zero-order valence-corrected chi connectivity index (χ0v) is 12.3. The van der Waals surface area contributed by atoms with Gasteiger partial charge >= 0.3 is 0 Å². The average Bonchev–Trinajstić information content (AvgIpc) is 2.42. The minimum Gasteiger partial charge on any atom is -0.497 e. The Bertz CT molecular complexity index is 706. The van der Waals surface area contributed by atoms with Gasteiger partial charge in [0.1, 0.15) is 5.75 Å². The Kier molecular flexibility index (Phi) is 3.99. The Morgan fingerprint density at radius 3 is 2.35 bits per heavy atom. The molecule has 2 N–H and O–H groups in total. The first-order chi connectivity index (χ1) is 9.44. The zero-order chi connectivity index (χ0) is 14.8. The zero-order valence-electron chi connectivity index (χ0n) is 11.5. The van der Waals surface area contributed by atoms with E-state index in [0.29, 0.717) is 22.6 Å². The molecule has 2 aromatic carbocycles. The van der Waals surface area contributed by atoms with Crippen molar-refractivity contribution in [2.45, 2.75) is 17.6 Å². The van der Waals surface area contributed by atoms with E-state index in [-0.39, 0.29) is 10.6 Å². The molecule has 0 aliphatic heterocycles. The lowest BCUT2D eigenvalue weighted by Gasteiger charge is -2.10. The number of benzene rings is 2. The van der Waals surface area contributed by atoms with Gasteiger partial charge in [-0.2, -0.15) is 0 Å². The van der Waals surface area contributed by atoms with E-state index in [1.54, 1.807) is 56.5 Å². The Hall–Kier alpha value is -2.01. The monoisotopic (exact) mass is 291 g/mol. The fraction of sp³-hybridized carbons (Fsp3) is 0.200. The van der Waals surface area contributed by atoms with Crippen molar-refractivity contribution < 1.29 is 13.2 Å². The van der Waals surface area contributed by atoms with Crippen molar-refractivity contribution in [3.05, 3.63) is 53.6 Å². The van der Waals surface area contributed by atoms with Gasteiger partial charge in [-0.15, -0.1) is 0 Å². The van der Waals surface area contributed by atoms with Gasteiger partial charge in [-0.3, -0.25) is 0 Å². The number of hydrogen-bond acceptors (Lipinski definition) is 4. The maximum absolute atomic E-state index is 12.4. The lowest BCUT2D eigenvalue weighted by molar-refractivity contribution is 0.414. The van der Waals surface area contributed by atoms with Crippen LogP contribution < -0.4 is 10.5 Å². The molecular weight excluding hydrogens is 274 g/mol. The summed E-state index contributed by atoms with van der Waals surface area (Å²) in [6.07, 6.45) is 0. The first-order valence-corrected chi connectivity index (χ1v) is 7.80. The predicted octanol–water partition coefficient (Wildman–Crippen LogP) is 2.56. The first-order valence-electron chi connectivity index (χ1n) is 6.15. The fourth-order valence-corrected chi connectivity index (χ4v) is 3.64. The topological polar surface area (TPSA) is 69.4 Å². The van der Waals surface area contributed by atoms with Gasteiger partial charge in [-0.25, -0.2) is 8.42 Å². The van der Waals surface area contributed by atoms with Crippen molar-refractivity contribution in [1.82, 2.24) is 0 Å².